The van der Waals surface area contributed by atoms with Crippen LogP contribution in [0.5, 0.6) is 0 Å². The first kappa shape index (κ1) is 29.7. The van der Waals surface area contributed by atoms with Crippen molar-refractivity contribution in [2.45, 2.75) is 128 Å². The van der Waals surface area contributed by atoms with E-state index in [0.717, 1.165) is 70.6 Å². The molecule has 0 radical (unpaired) electrons. The fraction of sp³-hybridized carbons (Fsp3) is 1.00. The molecule has 0 rings (SSSR count). The standard InChI is InChI=1S/C20H42O4S.K/c1-3-5-7-8-9-13-17-20(25(22,23)24)18-14-11-10-12-16-19(21)15-6-4-2;/h19-21H,3-18H2,1-2H3,(H,22,23,24);/q;+1/p-1. The molecule has 0 heterocycles. The third kappa shape index (κ3) is 18.9. The molecule has 6 heteroatoms. The van der Waals surface area contributed by atoms with Gasteiger partial charge in [-0.1, -0.05) is 90.9 Å². The molecule has 152 valence electrons. The second kappa shape index (κ2) is 19.8. The molecule has 0 aromatic carbocycles. The quantitative estimate of drug-likeness (QED) is 0.212. The Bertz CT molecular complexity index is 387. The molecule has 0 saturated heterocycles. The molecular weight excluding hydrogens is 375 g/mol. The van der Waals surface area contributed by atoms with Crippen molar-refractivity contribution in [1.29, 1.82) is 0 Å². The molecule has 0 aromatic rings. The van der Waals surface area contributed by atoms with Gasteiger partial charge >= 0.3 is 51.4 Å². The van der Waals surface area contributed by atoms with E-state index >= 15 is 0 Å². The minimum atomic E-state index is -4.17. The summed E-state index contributed by atoms with van der Waals surface area (Å²) >= 11 is 0. The zero-order valence-corrected chi connectivity index (χ0v) is 21.5. The van der Waals surface area contributed by atoms with E-state index in [1.807, 2.05) is 0 Å². The molecular formula is C20H41KO4S. The Morgan fingerprint density at radius 1 is 0.692 bits per heavy atom. The van der Waals surface area contributed by atoms with E-state index in [4.69, 9.17) is 0 Å². The van der Waals surface area contributed by atoms with Crippen LogP contribution in [0.25, 0.3) is 0 Å². The van der Waals surface area contributed by atoms with Crippen LogP contribution in [0.1, 0.15) is 117 Å². The van der Waals surface area contributed by atoms with Crippen LogP contribution in [0.2, 0.25) is 0 Å². The number of hydrogen-bond acceptors (Lipinski definition) is 4. The van der Waals surface area contributed by atoms with Crippen molar-refractivity contribution in [3.05, 3.63) is 0 Å². The predicted molar refractivity (Wildman–Crippen MR) is 105 cm³/mol. The molecule has 4 nitrogen and oxygen atoms in total. The van der Waals surface area contributed by atoms with Gasteiger partial charge in [0.25, 0.3) is 0 Å². The summed E-state index contributed by atoms with van der Waals surface area (Å²) in [6, 6.07) is 0. The average molecular weight is 417 g/mol. The minimum absolute atomic E-state index is 0. The van der Waals surface area contributed by atoms with Crippen molar-refractivity contribution in [2.75, 3.05) is 0 Å². The molecule has 0 aliphatic carbocycles. The Kier molecular flexibility index (Phi) is 22.6. The molecule has 0 amide bonds. The topological polar surface area (TPSA) is 77.4 Å². The van der Waals surface area contributed by atoms with Crippen LogP contribution < -0.4 is 51.4 Å². The molecule has 0 saturated carbocycles. The molecule has 26 heavy (non-hydrogen) atoms. The molecule has 2 unspecified atom stereocenters. The zero-order chi connectivity index (χ0) is 19.0. The Hall–Kier alpha value is 1.51. The van der Waals surface area contributed by atoms with E-state index in [1.54, 1.807) is 0 Å². The van der Waals surface area contributed by atoms with E-state index in [2.05, 4.69) is 13.8 Å². The van der Waals surface area contributed by atoms with Crippen molar-refractivity contribution >= 4 is 10.1 Å². The molecule has 0 bridgehead atoms. The first-order chi connectivity index (χ1) is 11.9. The van der Waals surface area contributed by atoms with Crippen molar-refractivity contribution in [3.63, 3.8) is 0 Å². The predicted octanol–water partition coefficient (Wildman–Crippen LogP) is 2.55. The van der Waals surface area contributed by atoms with Crippen LogP contribution in [0.15, 0.2) is 0 Å². The van der Waals surface area contributed by atoms with Crippen LogP contribution in [0, 0.1) is 0 Å². The van der Waals surface area contributed by atoms with Gasteiger partial charge in [-0.15, -0.1) is 0 Å². The fourth-order valence-electron chi connectivity index (χ4n) is 3.27. The summed E-state index contributed by atoms with van der Waals surface area (Å²) in [5.41, 5.74) is 0. The fourth-order valence-corrected chi connectivity index (χ4v) is 4.19. The third-order valence-corrected chi connectivity index (χ3v) is 6.28. The Balaban J connectivity index is 0. The number of rotatable bonds is 18. The van der Waals surface area contributed by atoms with Crippen LogP contribution in [0.4, 0.5) is 0 Å². The summed E-state index contributed by atoms with van der Waals surface area (Å²) in [6.07, 6.45) is 15.1. The molecule has 0 aliphatic rings. The van der Waals surface area contributed by atoms with E-state index in [0.29, 0.717) is 12.8 Å². The molecule has 0 aromatic heterocycles. The number of unbranched alkanes of at least 4 members (excludes halogenated alkanes) is 9. The van der Waals surface area contributed by atoms with E-state index in [-0.39, 0.29) is 57.5 Å². The summed E-state index contributed by atoms with van der Waals surface area (Å²) in [6.45, 7) is 4.30. The number of hydrogen-bond donors (Lipinski definition) is 1. The van der Waals surface area contributed by atoms with Crippen molar-refractivity contribution < 1.29 is 69.5 Å². The monoisotopic (exact) mass is 416 g/mol. The Morgan fingerprint density at radius 2 is 1.08 bits per heavy atom. The zero-order valence-electron chi connectivity index (χ0n) is 17.5. The van der Waals surface area contributed by atoms with E-state index in [9.17, 15) is 18.1 Å². The maximum absolute atomic E-state index is 11.4. The molecule has 0 aliphatic heterocycles. The third-order valence-electron chi connectivity index (χ3n) is 4.99. The molecule has 0 spiro atoms. The van der Waals surface area contributed by atoms with Crippen LogP contribution in [-0.2, 0) is 10.1 Å². The van der Waals surface area contributed by atoms with Crippen LogP contribution in [0.3, 0.4) is 0 Å². The summed E-state index contributed by atoms with van der Waals surface area (Å²) in [7, 11) is -4.17. The van der Waals surface area contributed by atoms with Crippen LogP contribution in [-0.4, -0.2) is 29.4 Å². The molecule has 1 N–H and O–H groups in total. The maximum Gasteiger partial charge on any atom is 1.00 e. The van der Waals surface area contributed by atoms with Crippen molar-refractivity contribution in [1.82, 2.24) is 0 Å². The second-order valence-electron chi connectivity index (χ2n) is 7.46. The van der Waals surface area contributed by atoms with Crippen LogP contribution >= 0.6 is 0 Å². The normalized spacial score (nSPS) is 14.0. The summed E-state index contributed by atoms with van der Waals surface area (Å²) < 4.78 is 34.3. The van der Waals surface area contributed by atoms with Gasteiger partial charge in [-0.3, -0.25) is 0 Å². The number of aliphatic hydroxyl groups is 1. The van der Waals surface area contributed by atoms with Gasteiger partial charge in [-0.2, -0.15) is 0 Å². The summed E-state index contributed by atoms with van der Waals surface area (Å²) in [5, 5.41) is 9.09. The maximum atomic E-state index is 11.4. The molecule has 0 fully saturated rings. The summed E-state index contributed by atoms with van der Waals surface area (Å²) in [4.78, 5) is 0. The Labute approximate surface area is 205 Å². The van der Waals surface area contributed by atoms with Gasteiger partial charge in [0, 0.05) is 5.25 Å². The second-order valence-corrected chi connectivity index (χ2v) is 9.11. The van der Waals surface area contributed by atoms with Gasteiger partial charge in [-0.25, -0.2) is 8.42 Å². The van der Waals surface area contributed by atoms with Gasteiger partial charge in [0.2, 0.25) is 0 Å². The van der Waals surface area contributed by atoms with Crippen molar-refractivity contribution in [2.24, 2.45) is 0 Å². The van der Waals surface area contributed by atoms with Crippen molar-refractivity contribution in [3.8, 4) is 0 Å². The Morgan fingerprint density at radius 3 is 1.54 bits per heavy atom. The first-order valence-corrected chi connectivity index (χ1v) is 12.0. The average Bonchev–Trinajstić information content (AvgIpc) is 2.55. The van der Waals surface area contributed by atoms with Gasteiger partial charge in [0.15, 0.2) is 0 Å². The molecule has 2 atom stereocenters. The van der Waals surface area contributed by atoms with Gasteiger partial charge in [-0.05, 0) is 25.7 Å². The minimum Gasteiger partial charge on any atom is -0.748 e. The van der Waals surface area contributed by atoms with Gasteiger partial charge in [0.1, 0.15) is 0 Å². The number of aliphatic hydroxyl groups excluding tert-OH is 1. The van der Waals surface area contributed by atoms with Gasteiger partial charge < -0.3 is 9.66 Å². The smallest absolute Gasteiger partial charge is 0.748 e. The summed E-state index contributed by atoms with van der Waals surface area (Å²) in [5.74, 6) is 0. The van der Waals surface area contributed by atoms with E-state index < -0.39 is 15.4 Å². The first-order valence-electron chi connectivity index (χ1n) is 10.5. The largest absolute Gasteiger partial charge is 1.00 e. The van der Waals surface area contributed by atoms with E-state index in [1.165, 1.54) is 19.3 Å². The van der Waals surface area contributed by atoms with Gasteiger partial charge in [0.05, 0.1) is 16.2 Å². The SMILES string of the molecule is CCCCCCCCC(CCCCCCC(O)CCCC)S(=O)(=O)[O-].[K+].